The van der Waals surface area contributed by atoms with Crippen LogP contribution in [0.5, 0.6) is 5.75 Å². The van der Waals surface area contributed by atoms with Crippen LogP contribution in [0.3, 0.4) is 0 Å². The van der Waals surface area contributed by atoms with Crippen molar-refractivity contribution in [2.75, 3.05) is 0 Å². The highest BCUT2D eigenvalue weighted by Crippen LogP contribution is 2.39. The molecule has 0 aliphatic rings. The summed E-state index contributed by atoms with van der Waals surface area (Å²) < 4.78 is 46.1. The number of phenolic OH excluding ortho intramolecular Hbond substituents is 1. The van der Waals surface area contributed by atoms with E-state index in [4.69, 9.17) is 0 Å². The Balaban J connectivity index is 2.22. The zero-order valence-corrected chi connectivity index (χ0v) is 12.9. The quantitative estimate of drug-likeness (QED) is 0.544. The van der Waals surface area contributed by atoms with Gasteiger partial charge in [-0.3, -0.25) is 4.55 Å². The van der Waals surface area contributed by atoms with E-state index in [0.717, 1.165) is 6.07 Å². The first-order valence-corrected chi connectivity index (χ1v) is 8.20. The van der Waals surface area contributed by atoms with Gasteiger partial charge in [0.25, 0.3) is 10.1 Å². The van der Waals surface area contributed by atoms with Crippen LogP contribution in [0.15, 0.2) is 69.7 Å². The molecule has 3 aromatic carbocycles. The maximum atomic E-state index is 13.6. The minimum atomic E-state index is -4.55. The molecule has 0 aliphatic carbocycles. The first-order valence-electron chi connectivity index (χ1n) is 6.76. The third-order valence-corrected chi connectivity index (χ3v) is 4.25. The van der Waals surface area contributed by atoms with Crippen molar-refractivity contribution in [2.24, 2.45) is 10.2 Å². The van der Waals surface area contributed by atoms with E-state index in [2.05, 4.69) is 10.2 Å². The van der Waals surface area contributed by atoms with Crippen molar-refractivity contribution in [3.63, 3.8) is 0 Å². The minimum absolute atomic E-state index is 0.0709. The Morgan fingerprint density at radius 3 is 2.12 bits per heavy atom. The van der Waals surface area contributed by atoms with Crippen LogP contribution in [-0.2, 0) is 10.1 Å². The maximum absolute atomic E-state index is 13.6. The fourth-order valence-corrected chi connectivity index (χ4v) is 2.96. The van der Waals surface area contributed by atoms with Crippen LogP contribution < -0.4 is 0 Å². The van der Waals surface area contributed by atoms with Crippen molar-refractivity contribution in [2.45, 2.75) is 4.90 Å². The van der Waals surface area contributed by atoms with Crippen LogP contribution in [0.2, 0.25) is 0 Å². The van der Waals surface area contributed by atoms with E-state index in [1.807, 2.05) is 0 Å². The van der Waals surface area contributed by atoms with E-state index in [1.54, 1.807) is 18.2 Å². The van der Waals surface area contributed by atoms with E-state index in [-0.39, 0.29) is 27.9 Å². The molecule has 3 aromatic rings. The Morgan fingerprint density at radius 2 is 1.46 bits per heavy atom. The third kappa shape index (κ3) is 2.97. The summed E-state index contributed by atoms with van der Waals surface area (Å²) in [5, 5.41) is 18.0. The molecule has 0 spiro atoms. The lowest BCUT2D eigenvalue weighted by molar-refractivity contribution is 0.479. The first kappa shape index (κ1) is 16.0. The van der Waals surface area contributed by atoms with Crippen molar-refractivity contribution < 1.29 is 22.5 Å². The molecule has 122 valence electrons. The lowest BCUT2D eigenvalue weighted by Gasteiger charge is -2.08. The van der Waals surface area contributed by atoms with Gasteiger partial charge >= 0.3 is 0 Å². The molecule has 24 heavy (non-hydrogen) atoms. The van der Waals surface area contributed by atoms with Crippen molar-refractivity contribution in [1.82, 2.24) is 0 Å². The van der Waals surface area contributed by atoms with Crippen LogP contribution in [0.1, 0.15) is 0 Å². The summed E-state index contributed by atoms with van der Waals surface area (Å²) in [4.78, 5) is -0.418. The van der Waals surface area contributed by atoms with Crippen LogP contribution in [0.4, 0.5) is 15.8 Å². The van der Waals surface area contributed by atoms with Gasteiger partial charge in [0.15, 0.2) is 11.6 Å². The molecule has 0 radical (unpaired) electrons. The van der Waals surface area contributed by atoms with Gasteiger partial charge in [0.2, 0.25) is 0 Å². The second kappa shape index (κ2) is 5.99. The molecule has 3 rings (SSSR count). The van der Waals surface area contributed by atoms with Gasteiger partial charge in [-0.25, -0.2) is 4.39 Å². The molecule has 0 amide bonds. The van der Waals surface area contributed by atoms with Crippen LogP contribution in [-0.4, -0.2) is 18.1 Å². The van der Waals surface area contributed by atoms with Crippen LogP contribution >= 0.6 is 0 Å². The number of halogens is 1. The number of phenols is 1. The van der Waals surface area contributed by atoms with E-state index >= 15 is 0 Å². The largest absolute Gasteiger partial charge is 0.505 e. The lowest BCUT2D eigenvalue weighted by Crippen LogP contribution is -1.99. The molecule has 8 heteroatoms. The zero-order valence-electron chi connectivity index (χ0n) is 12.1. The highest BCUT2D eigenvalue weighted by molar-refractivity contribution is 7.86. The van der Waals surface area contributed by atoms with Gasteiger partial charge in [0, 0.05) is 10.8 Å². The molecule has 0 unspecified atom stereocenters. The Kier molecular flexibility index (Phi) is 4.00. The van der Waals surface area contributed by atoms with Crippen molar-refractivity contribution in [1.29, 1.82) is 0 Å². The van der Waals surface area contributed by atoms with Gasteiger partial charge in [-0.15, -0.1) is 10.2 Å². The Labute approximate surface area is 136 Å². The van der Waals surface area contributed by atoms with Crippen molar-refractivity contribution in [3.05, 3.63) is 60.4 Å². The van der Waals surface area contributed by atoms with Gasteiger partial charge in [0.1, 0.15) is 16.3 Å². The summed E-state index contributed by atoms with van der Waals surface area (Å²) in [6.07, 6.45) is 0. The molecule has 0 atom stereocenters. The number of benzene rings is 3. The number of nitrogens with zero attached hydrogens (tertiary/aromatic N) is 2. The summed E-state index contributed by atoms with van der Waals surface area (Å²) in [6, 6.07) is 12.7. The summed E-state index contributed by atoms with van der Waals surface area (Å²) in [7, 11) is -4.55. The average molecular weight is 346 g/mol. The number of azo groups is 1. The number of fused-ring (bicyclic) bond motifs is 1. The van der Waals surface area contributed by atoms with E-state index in [9.17, 15) is 22.5 Å². The molecular weight excluding hydrogens is 335 g/mol. The highest BCUT2D eigenvalue weighted by atomic mass is 32.2. The smallest absolute Gasteiger partial charge is 0.295 e. The van der Waals surface area contributed by atoms with Gasteiger partial charge in [-0.2, -0.15) is 8.42 Å². The first-order chi connectivity index (χ1) is 11.4. The SMILES string of the molecule is O=S(=O)(O)c1cc(N=Nc2ccccc2F)c(O)c2ccccc12. The second-order valence-corrected chi connectivity index (χ2v) is 6.30. The molecule has 0 aromatic heterocycles. The molecule has 0 aliphatic heterocycles. The molecule has 0 fully saturated rings. The third-order valence-electron chi connectivity index (χ3n) is 3.35. The molecule has 0 heterocycles. The Hall–Kier alpha value is -2.84. The Bertz CT molecular complexity index is 1060. The predicted octanol–water partition coefficient (Wildman–Crippen LogP) is 4.35. The maximum Gasteiger partial charge on any atom is 0.295 e. The number of hydrogen-bond acceptors (Lipinski definition) is 5. The lowest BCUT2D eigenvalue weighted by atomic mass is 10.1. The molecule has 0 saturated heterocycles. The standard InChI is InChI=1S/C16H11FN2O4S/c17-12-7-3-4-8-13(12)18-19-14-9-15(24(21,22)23)10-5-1-2-6-11(10)16(14)20/h1-9,20H,(H,21,22,23). The monoisotopic (exact) mass is 346 g/mol. The summed E-state index contributed by atoms with van der Waals surface area (Å²) >= 11 is 0. The fraction of sp³-hybridized carbons (Fsp3) is 0. The minimum Gasteiger partial charge on any atom is -0.505 e. The molecule has 2 N–H and O–H groups in total. The van der Waals surface area contributed by atoms with Gasteiger partial charge in [-0.05, 0) is 18.2 Å². The molecule has 6 nitrogen and oxygen atoms in total. The number of aromatic hydroxyl groups is 1. The van der Waals surface area contributed by atoms with Crippen molar-refractivity contribution in [3.8, 4) is 5.75 Å². The summed E-state index contributed by atoms with van der Waals surface area (Å²) in [6.45, 7) is 0. The summed E-state index contributed by atoms with van der Waals surface area (Å²) in [5.41, 5.74) is -0.275. The van der Waals surface area contributed by atoms with Crippen LogP contribution in [0.25, 0.3) is 10.8 Å². The molecule has 0 bridgehead atoms. The molecular formula is C16H11FN2O4S. The zero-order chi connectivity index (χ0) is 17.3. The number of hydrogen-bond donors (Lipinski definition) is 2. The number of rotatable bonds is 3. The average Bonchev–Trinajstić information content (AvgIpc) is 2.54. The van der Waals surface area contributed by atoms with E-state index in [0.29, 0.717) is 0 Å². The fourth-order valence-electron chi connectivity index (χ4n) is 2.24. The topological polar surface area (TPSA) is 99.3 Å². The second-order valence-electron chi connectivity index (χ2n) is 4.91. The normalized spacial score (nSPS) is 12.1. The van der Waals surface area contributed by atoms with Gasteiger partial charge in [-0.1, -0.05) is 36.4 Å². The Morgan fingerprint density at radius 1 is 0.875 bits per heavy atom. The predicted molar refractivity (Wildman–Crippen MR) is 86.0 cm³/mol. The van der Waals surface area contributed by atoms with E-state index in [1.165, 1.54) is 30.3 Å². The van der Waals surface area contributed by atoms with Crippen molar-refractivity contribution >= 4 is 32.3 Å². The van der Waals surface area contributed by atoms with E-state index < -0.39 is 20.8 Å². The van der Waals surface area contributed by atoms with Gasteiger partial charge in [0.05, 0.1) is 0 Å². The summed E-state index contributed by atoms with van der Waals surface area (Å²) in [5.74, 6) is -0.936. The molecule has 0 saturated carbocycles. The van der Waals surface area contributed by atoms with Crippen LogP contribution in [0, 0.1) is 5.82 Å². The highest BCUT2D eigenvalue weighted by Gasteiger charge is 2.19. The van der Waals surface area contributed by atoms with Gasteiger partial charge < -0.3 is 5.11 Å².